The molecule has 0 aliphatic carbocycles. The highest BCUT2D eigenvalue weighted by atomic mass is 16.6. The van der Waals surface area contributed by atoms with Crippen LogP contribution in [0.4, 0.5) is 17.4 Å². The molecule has 0 spiro atoms. The van der Waals surface area contributed by atoms with Crippen LogP contribution in [0.1, 0.15) is 16.2 Å². The normalized spacial score (nSPS) is 10.2. The van der Waals surface area contributed by atoms with Crippen LogP contribution in [0.3, 0.4) is 0 Å². The van der Waals surface area contributed by atoms with Crippen LogP contribution in [-0.2, 0) is 0 Å². The summed E-state index contributed by atoms with van der Waals surface area (Å²) in [6.45, 7) is 1.60. The standard InChI is InChI=1S/C10H9N5O4/c1-5-12-10(19-14-5)13-9(16)6-2-3-8(15(17)18)7(11)4-6/h2-4H,11H2,1H3,(H,12,13,14,16). The fourth-order valence-electron chi connectivity index (χ4n) is 1.38. The van der Waals surface area contributed by atoms with Crippen LogP contribution in [0.2, 0.25) is 0 Å². The van der Waals surface area contributed by atoms with Crippen LogP contribution in [0, 0.1) is 17.0 Å². The molecule has 0 fully saturated rings. The van der Waals surface area contributed by atoms with E-state index in [4.69, 9.17) is 10.3 Å². The number of nitrogens with one attached hydrogen (secondary N) is 1. The van der Waals surface area contributed by atoms with Gasteiger partial charge < -0.3 is 10.3 Å². The average Bonchev–Trinajstić information content (AvgIpc) is 2.74. The first-order valence-electron chi connectivity index (χ1n) is 5.13. The summed E-state index contributed by atoms with van der Waals surface area (Å²) in [4.78, 5) is 25.5. The molecule has 1 amide bonds. The number of hydrogen-bond donors (Lipinski definition) is 2. The molecule has 0 radical (unpaired) electrons. The molecule has 0 aliphatic heterocycles. The Kier molecular flexibility index (Phi) is 3.10. The lowest BCUT2D eigenvalue weighted by Crippen LogP contribution is -2.12. The molecule has 9 heteroatoms. The van der Waals surface area contributed by atoms with Gasteiger partial charge in [-0.2, -0.15) is 4.98 Å². The summed E-state index contributed by atoms with van der Waals surface area (Å²) >= 11 is 0. The number of hydrogen-bond acceptors (Lipinski definition) is 7. The van der Waals surface area contributed by atoms with Crippen molar-refractivity contribution in [1.82, 2.24) is 10.1 Å². The van der Waals surface area contributed by atoms with Gasteiger partial charge >= 0.3 is 6.01 Å². The molecule has 1 heterocycles. The molecule has 0 aliphatic rings. The predicted molar refractivity (Wildman–Crippen MR) is 64.5 cm³/mol. The number of aromatic nitrogens is 2. The lowest BCUT2D eigenvalue weighted by molar-refractivity contribution is -0.383. The Bertz CT molecular complexity index is 651. The van der Waals surface area contributed by atoms with E-state index in [0.29, 0.717) is 5.82 Å². The highest BCUT2D eigenvalue weighted by Gasteiger charge is 2.16. The van der Waals surface area contributed by atoms with Gasteiger partial charge in [-0.05, 0) is 19.1 Å². The molecule has 2 rings (SSSR count). The number of anilines is 2. The van der Waals surface area contributed by atoms with Gasteiger partial charge in [0.15, 0.2) is 5.82 Å². The highest BCUT2D eigenvalue weighted by molar-refractivity contribution is 6.04. The SMILES string of the molecule is Cc1noc(NC(=O)c2ccc([N+](=O)[O-])c(N)c2)n1. The van der Waals surface area contributed by atoms with E-state index in [1.54, 1.807) is 6.92 Å². The fourth-order valence-corrected chi connectivity index (χ4v) is 1.38. The lowest BCUT2D eigenvalue weighted by Gasteiger charge is -2.02. The van der Waals surface area contributed by atoms with Crippen molar-refractivity contribution < 1.29 is 14.2 Å². The second-order valence-electron chi connectivity index (χ2n) is 3.63. The lowest BCUT2D eigenvalue weighted by atomic mass is 10.1. The van der Waals surface area contributed by atoms with Crippen LogP contribution in [0.25, 0.3) is 0 Å². The maximum atomic E-state index is 11.8. The smallest absolute Gasteiger partial charge is 0.328 e. The van der Waals surface area contributed by atoms with Crippen LogP contribution in [0.5, 0.6) is 0 Å². The largest absolute Gasteiger partial charge is 0.393 e. The number of nitro groups is 1. The Balaban J connectivity index is 2.20. The molecule has 0 saturated heterocycles. The van der Waals surface area contributed by atoms with E-state index in [1.165, 1.54) is 12.1 Å². The topological polar surface area (TPSA) is 137 Å². The van der Waals surface area contributed by atoms with Crippen molar-refractivity contribution in [3.05, 3.63) is 39.7 Å². The second-order valence-corrected chi connectivity index (χ2v) is 3.63. The second kappa shape index (κ2) is 4.72. The Labute approximate surface area is 106 Å². The molecule has 98 valence electrons. The number of nitro benzene ring substituents is 1. The molecule has 3 N–H and O–H groups in total. The summed E-state index contributed by atoms with van der Waals surface area (Å²) in [6.07, 6.45) is 0. The summed E-state index contributed by atoms with van der Waals surface area (Å²) < 4.78 is 4.72. The minimum absolute atomic E-state index is 0.0561. The van der Waals surface area contributed by atoms with E-state index in [1.807, 2.05) is 0 Å². The van der Waals surface area contributed by atoms with Crippen molar-refractivity contribution in [3.8, 4) is 0 Å². The van der Waals surface area contributed by atoms with E-state index in [9.17, 15) is 14.9 Å². The third-order valence-corrected chi connectivity index (χ3v) is 2.23. The molecule has 1 aromatic heterocycles. The number of nitrogen functional groups attached to an aromatic ring is 1. The van der Waals surface area contributed by atoms with Crippen molar-refractivity contribution in [1.29, 1.82) is 0 Å². The zero-order chi connectivity index (χ0) is 14.0. The third-order valence-electron chi connectivity index (χ3n) is 2.23. The van der Waals surface area contributed by atoms with Gasteiger partial charge in [0.2, 0.25) is 0 Å². The molecule has 0 bridgehead atoms. The van der Waals surface area contributed by atoms with Gasteiger partial charge in [-0.15, -0.1) is 0 Å². The van der Waals surface area contributed by atoms with Crippen molar-refractivity contribution in [3.63, 3.8) is 0 Å². The average molecular weight is 263 g/mol. The zero-order valence-corrected chi connectivity index (χ0v) is 9.78. The van der Waals surface area contributed by atoms with Crippen molar-refractivity contribution in [2.24, 2.45) is 0 Å². The number of amides is 1. The van der Waals surface area contributed by atoms with Gasteiger partial charge in [-0.25, -0.2) is 0 Å². The Morgan fingerprint density at radius 3 is 2.79 bits per heavy atom. The first kappa shape index (κ1) is 12.5. The number of aryl methyl sites for hydroxylation is 1. The predicted octanol–water partition coefficient (Wildman–Crippen LogP) is 1.12. The van der Waals surface area contributed by atoms with Gasteiger partial charge in [0.05, 0.1) is 4.92 Å². The number of nitrogens with zero attached hydrogens (tertiary/aromatic N) is 3. The van der Waals surface area contributed by atoms with Gasteiger partial charge in [0.25, 0.3) is 11.6 Å². The maximum absolute atomic E-state index is 11.8. The number of benzene rings is 1. The summed E-state index contributed by atoms with van der Waals surface area (Å²) in [6, 6.07) is 3.59. The minimum atomic E-state index is -0.627. The van der Waals surface area contributed by atoms with E-state index in [-0.39, 0.29) is 23.0 Å². The van der Waals surface area contributed by atoms with E-state index in [0.717, 1.165) is 6.07 Å². The molecule has 9 nitrogen and oxygen atoms in total. The van der Waals surface area contributed by atoms with Gasteiger partial charge in [-0.3, -0.25) is 20.2 Å². The number of carbonyl (C=O) groups excluding carboxylic acids is 1. The number of nitrogens with two attached hydrogens (primary N) is 1. The molecule has 0 saturated carbocycles. The molecular weight excluding hydrogens is 254 g/mol. The first-order valence-corrected chi connectivity index (χ1v) is 5.13. The fraction of sp³-hybridized carbons (Fsp3) is 0.100. The van der Waals surface area contributed by atoms with E-state index < -0.39 is 10.8 Å². The summed E-state index contributed by atoms with van der Waals surface area (Å²) in [7, 11) is 0. The third kappa shape index (κ3) is 2.65. The highest BCUT2D eigenvalue weighted by Crippen LogP contribution is 2.22. The molecular formula is C10H9N5O4. The van der Waals surface area contributed by atoms with Crippen LogP contribution in [-0.4, -0.2) is 21.0 Å². The number of carbonyl (C=O) groups is 1. The number of rotatable bonds is 3. The summed E-state index contributed by atoms with van der Waals surface area (Å²) in [5.41, 5.74) is 5.28. The summed E-state index contributed by atoms with van der Waals surface area (Å²) in [5.74, 6) is -0.177. The van der Waals surface area contributed by atoms with E-state index >= 15 is 0 Å². The minimum Gasteiger partial charge on any atom is -0.393 e. The van der Waals surface area contributed by atoms with Gasteiger partial charge in [0, 0.05) is 11.6 Å². The van der Waals surface area contributed by atoms with Crippen molar-refractivity contribution in [2.45, 2.75) is 6.92 Å². The Hall–Kier alpha value is -2.97. The molecule has 0 atom stereocenters. The van der Waals surface area contributed by atoms with Crippen LogP contribution >= 0.6 is 0 Å². The molecule has 2 aromatic rings. The van der Waals surface area contributed by atoms with Crippen LogP contribution in [0.15, 0.2) is 22.7 Å². The van der Waals surface area contributed by atoms with Crippen LogP contribution < -0.4 is 11.1 Å². The maximum Gasteiger partial charge on any atom is 0.328 e. The molecule has 0 unspecified atom stereocenters. The molecule has 19 heavy (non-hydrogen) atoms. The van der Waals surface area contributed by atoms with Crippen molar-refractivity contribution >= 4 is 23.3 Å². The first-order chi connectivity index (χ1) is 8.97. The Morgan fingerprint density at radius 1 is 1.53 bits per heavy atom. The van der Waals surface area contributed by atoms with Gasteiger partial charge in [0.1, 0.15) is 5.69 Å². The quantitative estimate of drug-likeness (QED) is 0.480. The Morgan fingerprint density at radius 2 is 2.26 bits per heavy atom. The monoisotopic (exact) mass is 263 g/mol. The zero-order valence-electron chi connectivity index (χ0n) is 9.78. The van der Waals surface area contributed by atoms with Gasteiger partial charge in [-0.1, -0.05) is 5.16 Å². The van der Waals surface area contributed by atoms with E-state index in [2.05, 4.69) is 15.5 Å². The molecule has 1 aromatic carbocycles. The summed E-state index contributed by atoms with van der Waals surface area (Å²) in [5, 5.41) is 16.4. The van der Waals surface area contributed by atoms with Crippen molar-refractivity contribution in [2.75, 3.05) is 11.1 Å².